The van der Waals surface area contributed by atoms with Gasteiger partial charge < -0.3 is 20.5 Å². The van der Waals surface area contributed by atoms with Crippen molar-refractivity contribution < 1.29 is 14.6 Å². The summed E-state index contributed by atoms with van der Waals surface area (Å²) in [7, 11) is 0. The van der Waals surface area contributed by atoms with Crippen LogP contribution in [0.1, 0.15) is 36.5 Å². The number of amides is 1. The van der Waals surface area contributed by atoms with Gasteiger partial charge in [0.25, 0.3) is 5.91 Å². The first-order chi connectivity index (χ1) is 16.5. The zero-order valence-corrected chi connectivity index (χ0v) is 19.4. The maximum Gasteiger partial charge on any atom is 0.253 e. The molecular weight excluding hydrogens is 430 g/mol. The van der Waals surface area contributed by atoms with E-state index in [-0.39, 0.29) is 23.9 Å². The molecule has 1 unspecified atom stereocenters. The van der Waals surface area contributed by atoms with Crippen molar-refractivity contribution in [3.8, 4) is 5.75 Å². The number of fused-ring (bicyclic) bond motifs is 1. The first kappa shape index (κ1) is 23.5. The van der Waals surface area contributed by atoms with Gasteiger partial charge in [0.1, 0.15) is 24.3 Å². The van der Waals surface area contributed by atoms with E-state index in [0.29, 0.717) is 12.0 Å². The number of carbonyl (C=O) groups is 1. The zero-order valence-electron chi connectivity index (χ0n) is 19.4. The number of aliphatic hydroxyl groups is 1. The van der Waals surface area contributed by atoms with E-state index in [2.05, 4.69) is 10.1 Å². The number of rotatable bonds is 7. The van der Waals surface area contributed by atoms with E-state index >= 15 is 0 Å². The van der Waals surface area contributed by atoms with Gasteiger partial charge in [-0.25, -0.2) is 0 Å². The molecule has 4 N–H and O–H groups in total. The van der Waals surface area contributed by atoms with E-state index in [1.807, 2.05) is 61.7 Å². The summed E-state index contributed by atoms with van der Waals surface area (Å²) < 4.78 is 6.25. The number of piperidine rings is 1. The Labute approximate surface area is 199 Å². The second-order valence-electron chi connectivity index (χ2n) is 8.53. The fourth-order valence-corrected chi connectivity index (χ4v) is 4.54. The Balaban J connectivity index is 1.49. The number of amidine groups is 1. The van der Waals surface area contributed by atoms with Crippen LogP contribution in [0.4, 0.5) is 5.69 Å². The van der Waals surface area contributed by atoms with Crippen LogP contribution in [0.2, 0.25) is 0 Å². The van der Waals surface area contributed by atoms with Gasteiger partial charge in [0.15, 0.2) is 0 Å². The highest BCUT2D eigenvalue weighted by Crippen LogP contribution is 2.36. The lowest BCUT2D eigenvalue weighted by Crippen LogP contribution is -2.38. The molecule has 8 nitrogen and oxygen atoms in total. The Hall–Kier alpha value is -3.65. The Morgan fingerprint density at radius 2 is 2.06 bits per heavy atom. The number of aliphatic hydroxyl groups excluding tert-OH is 1. The molecule has 8 heteroatoms. The van der Waals surface area contributed by atoms with Crippen molar-refractivity contribution in [3.05, 3.63) is 65.2 Å². The summed E-state index contributed by atoms with van der Waals surface area (Å²) in [6, 6.07) is 13.0. The molecule has 0 radical (unpaired) electrons. The third-order valence-electron chi connectivity index (χ3n) is 6.18. The van der Waals surface area contributed by atoms with Gasteiger partial charge in [-0.3, -0.25) is 15.2 Å². The van der Waals surface area contributed by atoms with Gasteiger partial charge in [0, 0.05) is 43.4 Å². The first-order valence-corrected chi connectivity index (χ1v) is 11.6. The van der Waals surface area contributed by atoms with Gasteiger partial charge in [0.05, 0.1) is 6.04 Å². The number of carbonyl (C=O) groups excluding carboxylic acids is 1. The molecule has 34 heavy (non-hydrogen) atoms. The number of anilines is 1. The van der Waals surface area contributed by atoms with Crippen LogP contribution >= 0.6 is 0 Å². The number of nitrogens with one attached hydrogen (secondary N) is 1. The van der Waals surface area contributed by atoms with E-state index in [1.165, 1.54) is 0 Å². The molecule has 0 spiro atoms. The van der Waals surface area contributed by atoms with Crippen LogP contribution in [-0.4, -0.2) is 59.9 Å². The number of hydrogen-bond donors (Lipinski definition) is 3. The summed E-state index contributed by atoms with van der Waals surface area (Å²) in [4.78, 5) is 14.2. The zero-order chi connectivity index (χ0) is 24.1. The molecule has 4 rings (SSSR count). The molecule has 1 atom stereocenters. The summed E-state index contributed by atoms with van der Waals surface area (Å²) in [6.45, 7) is 3.11. The van der Waals surface area contributed by atoms with Gasteiger partial charge in [-0.2, -0.15) is 5.10 Å². The minimum atomic E-state index is -0.555. The molecule has 2 aromatic rings. The van der Waals surface area contributed by atoms with Crippen LogP contribution in [0.25, 0.3) is 6.08 Å². The highest BCUT2D eigenvalue weighted by Gasteiger charge is 2.32. The second kappa shape index (κ2) is 10.5. The van der Waals surface area contributed by atoms with Crippen LogP contribution in [-0.2, 0) is 11.2 Å². The maximum atomic E-state index is 12.6. The lowest BCUT2D eigenvalue weighted by Gasteiger charge is -2.30. The lowest BCUT2D eigenvalue weighted by molar-refractivity contribution is -0.121. The van der Waals surface area contributed by atoms with E-state index in [9.17, 15) is 9.90 Å². The van der Waals surface area contributed by atoms with Crippen LogP contribution in [0.3, 0.4) is 0 Å². The molecular formula is C26H31N5O3. The summed E-state index contributed by atoms with van der Waals surface area (Å²) in [5, 5.41) is 23.6. The number of ether oxygens (including phenoxy) is 1. The van der Waals surface area contributed by atoms with E-state index in [4.69, 9.17) is 15.9 Å². The van der Waals surface area contributed by atoms with Crippen molar-refractivity contribution in [2.45, 2.75) is 38.3 Å². The first-order valence-electron chi connectivity index (χ1n) is 11.6. The third-order valence-corrected chi connectivity index (χ3v) is 6.18. The number of nitrogens with two attached hydrogens (primary N) is 1. The van der Waals surface area contributed by atoms with Gasteiger partial charge >= 0.3 is 0 Å². The van der Waals surface area contributed by atoms with Gasteiger partial charge in [0.2, 0.25) is 0 Å². The molecule has 178 valence electrons. The van der Waals surface area contributed by atoms with Crippen LogP contribution in [0.5, 0.6) is 5.75 Å². The normalized spacial score (nSPS) is 18.6. The van der Waals surface area contributed by atoms with E-state index in [0.717, 1.165) is 48.5 Å². The minimum Gasteiger partial charge on any atom is -0.490 e. The number of hydrazone groups is 1. The Morgan fingerprint density at radius 1 is 1.26 bits per heavy atom. The van der Waals surface area contributed by atoms with E-state index in [1.54, 1.807) is 11.0 Å². The summed E-state index contributed by atoms with van der Waals surface area (Å²) in [5.74, 6) is 0.465. The van der Waals surface area contributed by atoms with Gasteiger partial charge in [-0.05, 0) is 48.7 Å². The molecule has 2 heterocycles. The number of benzene rings is 2. The predicted octanol–water partition coefficient (Wildman–Crippen LogP) is 2.78. The summed E-state index contributed by atoms with van der Waals surface area (Å²) >= 11 is 0. The van der Waals surface area contributed by atoms with Crippen LogP contribution in [0, 0.1) is 5.41 Å². The van der Waals surface area contributed by atoms with Crippen molar-refractivity contribution in [3.63, 3.8) is 0 Å². The third kappa shape index (κ3) is 5.28. The lowest BCUT2D eigenvalue weighted by atomic mass is 10.1. The summed E-state index contributed by atoms with van der Waals surface area (Å²) in [5.41, 5.74) is 8.95. The van der Waals surface area contributed by atoms with Crippen molar-refractivity contribution >= 4 is 29.7 Å². The number of nitrogen functional groups attached to an aromatic ring is 1. The van der Waals surface area contributed by atoms with Crippen molar-refractivity contribution in [1.82, 2.24) is 5.01 Å². The molecule has 2 aliphatic heterocycles. The van der Waals surface area contributed by atoms with Gasteiger partial charge in [-0.1, -0.05) is 30.4 Å². The molecule has 0 bridgehead atoms. The highest BCUT2D eigenvalue weighted by atomic mass is 16.5. The molecule has 0 saturated carbocycles. The fourth-order valence-electron chi connectivity index (χ4n) is 4.54. The number of hydrogen-bond acceptors (Lipinski definition) is 6. The van der Waals surface area contributed by atoms with E-state index < -0.39 is 6.61 Å². The van der Waals surface area contributed by atoms with Crippen molar-refractivity contribution in [2.75, 3.05) is 24.6 Å². The van der Waals surface area contributed by atoms with Gasteiger partial charge in [-0.15, -0.1) is 0 Å². The topological polar surface area (TPSA) is 115 Å². The standard InChI is InChI=1S/C26H31N5O3/c1-2-29-30-12-10-22(11-13-30)34-23-8-9-24-20(16-23)15-21(31(24)25(33)17-32)7-6-18-4-3-5-19(14-18)26(27)28/h2-9,14,16,21-22,32H,10-13,15,17H2,1H3,(H3,27,28)/b7-6+,29-2+. The molecule has 1 amide bonds. The second-order valence-corrected chi connectivity index (χ2v) is 8.53. The fraction of sp³-hybridized carbons (Fsp3) is 0.346. The smallest absolute Gasteiger partial charge is 0.253 e. The molecule has 0 aliphatic carbocycles. The molecule has 0 aromatic heterocycles. The molecule has 1 saturated heterocycles. The largest absolute Gasteiger partial charge is 0.490 e. The number of nitrogens with zero attached hydrogens (tertiary/aromatic N) is 3. The van der Waals surface area contributed by atoms with Crippen LogP contribution < -0.4 is 15.4 Å². The highest BCUT2D eigenvalue weighted by molar-refractivity contribution is 5.98. The Morgan fingerprint density at radius 3 is 2.76 bits per heavy atom. The quantitative estimate of drug-likeness (QED) is 0.433. The van der Waals surface area contributed by atoms with Crippen molar-refractivity contribution in [1.29, 1.82) is 5.41 Å². The molecule has 1 fully saturated rings. The summed E-state index contributed by atoms with van der Waals surface area (Å²) in [6.07, 6.45) is 8.28. The monoisotopic (exact) mass is 461 g/mol. The molecule has 2 aromatic carbocycles. The van der Waals surface area contributed by atoms with Crippen LogP contribution in [0.15, 0.2) is 53.6 Å². The minimum absolute atomic E-state index is 0.0110. The Bertz CT molecular complexity index is 1110. The predicted molar refractivity (Wildman–Crippen MR) is 134 cm³/mol. The van der Waals surface area contributed by atoms with Crippen molar-refractivity contribution in [2.24, 2.45) is 10.8 Å². The maximum absolute atomic E-state index is 12.6. The Kier molecular flexibility index (Phi) is 7.27. The average Bonchev–Trinajstić information content (AvgIpc) is 3.21. The molecule has 2 aliphatic rings. The average molecular weight is 462 g/mol. The SMILES string of the molecule is C/C=N/N1CCC(Oc2ccc3c(c2)CC(/C=C/c2cccc(C(=N)N)c2)N3C(=O)CO)CC1.